The van der Waals surface area contributed by atoms with Gasteiger partial charge in [0.2, 0.25) is 0 Å². The summed E-state index contributed by atoms with van der Waals surface area (Å²) in [4.78, 5) is 38.2. The number of hydrogen-bond donors (Lipinski definition) is 1. The number of carbonyl (C=O) groups is 3. The molecule has 0 unspecified atom stereocenters. The molecule has 0 aromatic heterocycles. The topological polar surface area (TPSA) is 72.5 Å². The minimum atomic E-state index is -4.60. The summed E-state index contributed by atoms with van der Waals surface area (Å²) < 4.78 is 43.9. The molecular formula is C24H21ClF3NO4. The Morgan fingerprint density at radius 2 is 1.67 bits per heavy atom. The summed E-state index contributed by atoms with van der Waals surface area (Å²) >= 11 is 5.88. The summed E-state index contributed by atoms with van der Waals surface area (Å²) in [6.07, 6.45) is -2.16. The van der Waals surface area contributed by atoms with Gasteiger partial charge in [-0.15, -0.1) is 0 Å². The lowest BCUT2D eigenvalue weighted by molar-refractivity contribution is -0.154. The van der Waals surface area contributed by atoms with E-state index in [0.29, 0.717) is 11.6 Å². The van der Waals surface area contributed by atoms with Crippen LogP contribution in [0.15, 0.2) is 48.5 Å². The fourth-order valence-corrected chi connectivity index (χ4v) is 5.18. The van der Waals surface area contributed by atoms with Crippen molar-refractivity contribution in [1.82, 2.24) is 0 Å². The number of esters is 1. The molecule has 2 saturated carbocycles. The number of Topliss-reactive ketones (excluding diaryl/α,β-unsaturated/α-hetero) is 1. The van der Waals surface area contributed by atoms with Crippen molar-refractivity contribution in [2.45, 2.75) is 25.4 Å². The molecule has 0 spiro atoms. The number of benzene rings is 2. The number of fused-ring (bicyclic) bond motifs is 2. The minimum Gasteiger partial charge on any atom is -0.455 e. The molecule has 0 aliphatic heterocycles. The van der Waals surface area contributed by atoms with Crippen molar-refractivity contribution in [1.29, 1.82) is 0 Å². The number of ether oxygens (including phenoxy) is 1. The normalized spacial score (nSPS) is 23.9. The van der Waals surface area contributed by atoms with Gasteiger partial charge in [-0.3, -0.25) is 14.4 Å². The first kappa shape index (κ1) is 23.3. The summed E-state index contributed by atoms with van der Waals surface area (Å²) in [5, 5.41) is 2.17. The van der Waals surface area contributed by atoms with Crippen LogP contribution in [-0.2, 0) is 20.5 Å². The van der Waals surface area contributed by atoms with Gasteiger partial charge in [0.15, 0.2) is 12.4 Å². The van der Waals surface area contributed by atoms with Crippen LogP contribution in [0.3, 0.4) is 0 Å². The second-order valence-corrected chi connectivity index (χ2v) is 8.87. The molecular weight excluding hydrogens is 459 g/mol. The Kier molecular flexibility index (Phi) is 6.47. The third kappa shape index (κ3) is 4.90. The van der Waals surface area contributed by atoms with Gasteiger partial charge in [0.1, 0.15) is 0 Å². The van der Waals surface area contributed by atoms with Gasteiger partial charge in [0.05, 0.1) is 22.2 Å². The van der Waals surface area contributed by atoms with Crippen LogP contribution in [0.25, 0.3) is 0 Å². The lowest BCUT2D eigenvalue weighted by atomic mass is 9.75. The summed E-state index contributed by atoms with van der Waals surface area (Å²) in [5.41, 5.74) is -0.669. The molecule has 5 nitrogen and oxygen atoms in total. The highest BCUT2D eigenvalue weighted by molar-refractivity contribution is 6.33. The van der Waals surface area contributed by atoms with E-state index in [0.717, 1.165) is 31.4 Å². The van der Waals surface area contributed by atoms with Crippen molar-refractivity contribution in [3.05, 3.63) is 64.7 Å². The fourth-order valence-electron chi connectivity index (χ4n) is 5.02. The summed E-state index contributed by atoms with van der Waals surface area (Å²) in [5.74, 6) is -2.59. The Bertz CT molecular complexity index is 1070. The highest BCUT2D eigenvalue weighted by atomic mass is 35.5. The van der Waals surface area contributed by atoms with Crippen LogP contribution in [0, 0.1) is 23.7 Å². The smallest absolute Gasteiger partial charge is 0.416 e. The zero-order valence-electron chi connectivity index (χ0n) is 17.4. The van der Waals surface area contributed by atoms with Crippen LogP contribution in [0.2, 0.25) is 5.02 Å². The fraction of sp³-hybridized carbons (Fsp3) is 0.375. The Morgan fingerprint density at radius 1 is 1.00 bits per heavy atom. The molecule has 9 heteroatoms. The first-order valence-corrected chi connectivity index (χ1v) is 11.0. The molecule has 2 fully saturated rings. The van der Waals surface area contributed by atoms with Crippen molar-refractivity contribution in [2.24, 2.45) is 23.7 Å². The number of amides is 1. The zero-order chi connectivity index (χ0) is 23.8. The molecule has 2 aliphatic rings. The lowest BCUT2D eigenvalue weighted by Gasteiger charge is -2.28. The average molecular weight is 480 g/mol. The maximum Gasteiger partial charge on any atom is 0.416 e. The largest absolute Gasteiger partial charge is 0.455 e. The van der Waals surface area contributed by atoms with Gasteiger partial charge >= 0.3 is 12.1 Å². The first-order chi connectivity index (χ1) is 15.6. The van der Waals surface area contributed by atoms with E-state index in [1.165, 1.54) is 0 Å². The van der Waals surface area contributed by atoms with Gasteiger partial charge in [-0.05, 0) is 49.3 Å². The Balaban J connectivity index is 1.41. The highest BCUT2D eigenvalue weighted by Crippen LogP contribution is 2.53. The van der Waals surface area contributed by atoms with E-state index in [-0.39, 0.29) is 28.3 Å². The predicted molar refractivity (Wildman–Crippen MR) is 115 cm³/mol. The monoisotopic (exact) mass is 479 g/mol. The van der Waals surface area contributed by atoms with E-state index in [2.05, 4.69) is 5.32 Å². The number of halogens is 4. The molecule has 2 aromatic rings. The van der Waals surface area contributed by atoms with Crippen molar-refractivity contribution in [3.63, 3.8) is 0 Å². The van der Waals surface area contributed by atoms with Gasteiger partial charge in [0.25, 0.3) is 5.91 Å². The Labute approximate surface area is 193 Å². The van der Waals surface area contributed by atoms with E-state index in [4.69, 9.17) is 16.3 Å². The van der Waals surface area contributed by atoms with E-state index in [1.807, 2.05) is 0 Å². The second-order valence-electron chi connectivity index (χ2n) is 8.46. The minimum absolute atomic E-state index is 0.0149. The third-order valence-electron chi connectivity index (χ3n) is 6.46. The van der Waals surface area contributed by atoms with Gasteiger partial charge < -0.3 is 10.1 Å². The van der Waals surface area contributed by atoms with Gasteiger partial charge in [-0.1, -0.05) is 41.9 Å². The molecule has 174 valence electrons. The molecule has 0 heterocycles. The molecule has 2 aromatic carbocycles. The highest BCUT2D eigenvalue weighted by Gasteiger charge is 2.54. The molecule has 33 heavy (non-hydrogen) atoms. The van der Waals surface area contributed by atoms with Crippen molar-refractivity contribution in [2.75, 3.05) is 11.9 Å². The molecule has 4 atom stereocenters. The summed E-state index contributed by atoms with van der Waals surface area (Å²) in [6.45, 7) is -0.689. The lowest BCUT2D eigenvalue weighted by Crippen LogP contribution is -2.37. The molecule has 0 radical (unpaired) electrons. The quantitative estimate of drug-likeness (QED) is 0.445. The standard InChI is InChI=1S/C24H21ClF3NO4/c25-17-9-8-16(24(26,27)28)11-18(17)29-19(30)12-33-23(32)21-15-7-6-14(10-15)20(21)22(31)13-4-2-1-3-5-13/h1-5,8-9,11,14-15,20-21H,6-7,10,12H2,(H,29,30)/t14-,15-,20-,21+/m0/s1. The molecule has 1 N–H and O–H groups in total. The molecule has 1 amide bonds. The number of carbonyl (C=O) groups excluding carboxylic acids is 3. The average Bonchev–Trinajstić information content (AvgIpc) is 3.40. The van der Waals surface area contributed by atoms with Gasteiger partial charge in [-0.25, -0.2) is 0 Å². The van der Waals surface area contributed by atoms with E-state index < -0.39 is 42.1 Å². The van der Waals surface area contributed by atoms with Gasteiger partial charge in [0, 0.05) is 11.5 Å². The number of hydrogen-bond acceptors (Lipinski definition) is 4. The predicted octanol–water partition coefficient (Wildman–Crippen LogP) is 5.39. The third-order valence-corrected chi connectivity index (χ3v) is 6.79. The van der Waals surface area contributed by atoms with Crippen LogP contribution in [0.5, 0.6) is 0 Å². The van der Waals surface area contributed by atoms with Crippen LogP contribution in [-0.4, -0.2) is 24.3 Å². The van der Waals surface area contributed by atoms with E-state index >= 15 is 0 Å². The number of ketones is 1. The second kappa shape index (κ2) is 9.17. The molecule has 4 rings (SSSR count). The molecule has 2 aliphatic carbocycles. The Morgan fingerprint density at radius 3 is 2.33 bits per heavy atom. The molecule has 0 saturated heterocycles. The maximum absolute atomic E-state index is 13.1. The van der Waals surface area contributed by atoms with Crippen LogP contribution in [0.4, 0.5) is 18.9 Å². The maximum atomic E-state index is 13.1. The van der Waals surface area contributed by atoms with E-state index in [9.17, 15) is 27.6 Å². The zero-order valence-corrected chi connectivity index (χ0v) is 18.2. The van der Waals surface area contributed by atoms with Crippen LogP contribution < -0.4 is 5.32 Å². The van der Waals surface area contributed by atoms with Crippen molar-refractivity contribution < 1.29 is 32.3 Å². The summed E-state index contributed by atoms with van der Waals surface area (Å²) in [7, 11) is 0. The van der Waals surface area contributed by atoms with Gasteiger partial charge in [-0.2, -0.15) is 13.2 Å². The first-order valence-electron chi connectivity index (χ1n) is 10.6. The number of anilines is 1. The van der Waals surface area contributed by atoms with Crippen molar-refractivity contribution >= 4 is 34.9 Å². The number of rotatable bonds is 6. The SMILES string of the molecule is O=C(COC(=O)[C@@H]1[C@H]2CC[C@@H](C2)[C@@H]1C(=O)c1ccccc1)Nc1cc(C(F)(F)F)ccc1Cl. The number of nitrogens with one attached hydrogen (secondary N) is 1. The van der Waals surface area contributed by atoms with Crippen LogP contribution in [0.1, 0.15) is 35.2 Å². The Hall–Kier alpha value is -2.87. The van der Waals surface area contributed by atoms with Crippen molar-refractivity contribution in [3.8, 4) is 0 Å². The van der Waals surface area contributed by atoms with Crippen LogP contribution >= 0.6 is 11.6 Å². The molecule has 2 bridgehead atoms. The summed E-state index contributed by atoms with van der Waals surface area (Å²) in [6, 6.07) is 11.3. The number of alkyl halides is 3. The van der Waals surface area contributed by atoms with E-state index in [1.54, 1.807) is 30.3 Å².